The first-order valence-electron chi connectivity index (χ1n) is 13.6. The molecule has 0 spiro atoms. The Balaban J connectivity index is 1.51. The van der Waals surface area contributed by atoms with Gasteiger partial charge in [0.05, 0.1) is 18.2 Å². The number of allylic oxidation sites excluding steroid dienone is 1. The Bertz CT molecular complexity index is 1720. The molecule has 11 heteroatoms. The minimum atomic E-state index is -0.995. The van der Waals surface area contributed by atoms with Crippen molar-refractivity contribution in [3.63, 3.8) is 0 Å². The van der Waals surface area contributed by atoms with Crippen LogP contribution in [0.25, 0.3) is 6.08 Å². The molecule has 0 radical (unpaired) electrons. The minimum absolute atomic E-state index is 0.0741. The van der Waals surface area contributed by atoms with Crippen molar-refractivity contribution in [3.05, 3.63) is 125 Å². The van der Waals surface area contributed by atoms with Crippen LogP contribution in [0, 0.1) is 0 Å². The van der Waals surface area contributed by atoms with Crippen LogP contribution in [0.5, 0.6) is 11.5 Å². The van der Waals surface area contributed by atoms with E-state index in [4.69, 9.17) is 21.1 Å². The number of halogens is 1. The van der Waals surface area contributed by atoms with E-state index < -0.39 is 23.5 Å². The number of carbonyl (C=O) groups is 2. The second kappa shape index (κ2) is 14.4. The number of benzene rings is 3. The van der Waals surface area contributed by atoms with Crippen molar-refractivity contribution in [2.24, 2.45) is 0 Å². The number of rotatable bonds is 13. The standard InChI is InChI=1S/C33H28ClN3O5S2/c1-3-18-42-26-17-13-23(19-27(26)41-4-2)29-28(25(38)16-12-21-8-6-5-7-9-21)30(39)31(40)37(29)32-35-36-33(44-32)43-20-22-10-14-24(34)15-11-22/h3,5-17,19,29,39H,1,4,18,20H2,2H3/b16-12+. The minimum Gasteiger partial charge on any atom is -0.503 e. The van der Waals surface area contributed by atoms with Gasteiger partial charge in [-0.3, -0.25) is 14.5 Å². The summed E-state index contributed by atoms with van der Waals surface area (Å²) in [6.07, 6.45) is 4.61. The highest BCUT2D eigenvalue weighted by Crippen LogP contribution is 2.45. The summed E-state index contributed by atoms with van der Waals surface area (Å²) < 4.78 is 12.2. The van der Waals surface area contributed by atoms with Crippen molar-refractivity contribution in [3.8, 4) is 11.5 Å². The summed E-state index contributed by atoms with van der Waals surface area (Å²) >= 11 is 8.65. The van der Waals surface area contributed by atoms with Crippen LogP contribution in [0.4, 0.5) is 5.13 Å². The molecule has 1 unspecified atom stereocenters. The number of nitrogens with zero attached hydrogens (tertiary/aromatic N) is 3. The molecule has 8 nitrogen and oxygen atoms in total. The van der Waals surface area contributed by atoms with Gasteiger partial charge in [-0.1, -0.05) is 102 Å². The summed E-state index contributed by atoms with van der Waals surface area (Å²) in [7, 11) is 0. The lowest BCUT2D eigenvalue weighted by atomic mass is 9.95. The fraction of sp³-hybridized carbons (Fsp3) is 0.152. The number of aliphatic hydroxyl groups is 1. The molecule has 0 saturated carbocycles. The van der Waals surface area contributed by atoms with Crippen molar-refractivity contribution in [1.29, 1.82) is 0 Å². The molecule has 2 heterocycles. The third kappa shape index (κ3) is 7.05. The van der Waals surface area contributed by atoms with Crippen LogP contribution in [0.15, 0.2) is 107 Å². The molecule has 0 bridgehead atoms. The Morgan fingerprint density at radius 2 is 1.86 bits per heavy atom. The lowest BCUT2D eigenvalue weighted by molar-refractivity contribution is -0.117. The lowest BCUT2D eigenvalue weighted by Crippen LogP contribution is -2.31. The van der Waals surface area contributed by atoms with Crippen molar-refractivity contribution < 1.29 is 24.2 Å². The van der Waals surface area contributed by atoms with E-state index in [9.17, 15) is 14.7 Å². The Morgan fingerprint density at radius 3 is 2.59 bits per heavy atom. The molecular formula is C33H28ClN3O5S2. The second-order valence-corrected chi connectivity index (χ2v) is 12.1. The van der Waals surface area contributed by atoms with E-state index in [2.05, 4.69) is 16.8 Å². The van der Waals surface area contributed by atoms with E-state index in [1.54, 1.807) is 30.4 Å². The third-order valence-corrected chi connectivity index (χ3v) is 8.90. The van der Waals surface area contributed by atoms with Gasteiger partial charge in [-0.2, -0.15) is 0 Å². The van der Waals surface area contributed by atoms with E-state index in [1.807, 2.05) is 61.5 Å². The molecule has 1 N–H and O–H groups in total. The average molecular weight is 646 g/mol. The number of ether oxygens (including phenoxy) is 2. The lowest BCUT2D eigenvalue weighted by Gasteiger charge is -2.24. The van der Waals surface area contributed by atoms with Crippen molar-refractivity contribution in [2.75, 3.05) is 18.1 Å². The maximum Gasteiger partial charge on any atom is 0.296 e. The molecule has 1 atom stereocenters. The van der Waals surface area contributed by atoms with Crippen molar-refractivity contribution in [2.45, 2.75) is 23.1 Å². The number of hydrogen-bond acceptors (Lipinski definition) is 9. The number of anilines is 1. The first kappa shape index (κ1) is 31.1. The van der Waals surface area contributed by atoms with Gasteiger partial charge in [-0.05, 0) is 54.0 Å². The van der Waals surface area contributed by atoms with E-state index in [-0.39, 0.29) is 17.3 Å². The zero-order chi connectivity index (χ0) is 31.1. The first-order chi connectivity index (χ1) is 21.4. The van der Waals surface area contributed by atoms with Crippen LogP contribution in [-0.4, -0.2) is 40.2 Å². The summed E-state index contributed by atoms with van der Waals surface area (Å²) in [5.41, 5.74) is 2.30. The maximum atomic E-state index is 13.6. The zero-order valence-corrected chi connectivity index (χ0v) is 26.1. The zero-order valence-electron chi connectivity index (χ0n) is 23.7. The highest BCUT2D eigenvalue weighted by atomic mass is 35.5. The fourth-order valence-electron chi connectivity index (χ4n) is 4.51. The molecule has 0 saturated heterocycles. The molecular weight excluding hydrogens is 618 g/mol. The van der Waals surface area contributed by atoms with Crippen LogP contribution in [0.3, 0.4) is 0 Å². The van der Waals surface area contributed by atoms with Gasteiger partial charge in [0.2, 0.25) is 5.13 Å². The van der Waals surface area contributed by atoms with Crippen LogP contribution in [-0.2, 0) is 15.3 Å². The molecule has 224 valence electrons. The normalized spacial score (nSPS) is 14.8. The molecule has 3 aromatic carbocycles. The highest BCUT2D eigenvalue weighted by Gasteiger charge is 2.45. The van der Waals surface area contributed by atoms with E-state index in [0.717, 1.165) is 11.1 Å². The number of thioether (sulfide) groups is 1. The monoisotopic (exact) mass is 645 g/mol. The van der Waals surface area contributed by atoms with Crippen LogP contribution >= 0.6 is 34.7 Å². The van der Waals surface area contributed by atoms with E-state index >= 15 is 0 Å². The Kier molecular flexibility index (Phi) is 10.2. The summed E-state index contributed by atoms with van der Waals surface area (Å²) in [6.45, 7) is 6.16. The molecule has 1 amide bonds. The Hall–Kier alpha value is -4.38. The van der Waals surface area contributed by atoms with Crippen molar-refractivity contribution >= 4 is 57.6 Å². The number of ketones is 1. The van der Waals surface area contributed by atoms with E-state index in [1.165, 1.54) is 34.1 Å². The third-order valence-electron chi connectivity index (χ3n) is 6.52. The molecule has 1 aromatic heterocycles. The predicted octanol–water partition coefficient (Wildman–Crippen LogP) is 7.63. The van der Waals surface area contributed by atoms with Gasteiger partial charge in [-0.15, -0.1) is 10.2 Å². The second-order valence-electron chi connectivity index (χ2n) is 9.45. The maximum absolute atomic E-state index is 13.6. The van der Waals surface area contributed by atoms with Gasteiger partial charge in [-0.25, -0.2) is 0 Å². The molecule has 5 rings (SSSR count). The van der Waals surface area contributed by atoms with E-state index in [0.29, 0.717) is 38.8 Å². The van der Waals surface area contributed by atoms with Gasteiger partial charge in [0.15, 0.2) is 27.4 Å². The summed E-state index contributed by atoms with van der Waals surface area (Å²) in [5.74, 6) is -0.388. The molecule has 0 aliphatic carbocycles. The summed E-state index contributed by atoms with van der Waals surface area (Å²) in [6, 6.07) is 20.9. The smallest absolute Gasteiger partial charge is 0.296 e. The number of hydrogen-bond donors (Lipinski definition) is 1. The Labute approximate surface area is 268 Å². The van der Waals surface area contributed by atoms with Crippen LogP contribution in [0.2, 0.25) is 5.02 Å². The van der Waals surface area contributed by atoms with Gasteiger partial charge >= 0.3 is 0 Å². The van der Waals surface area contributed by atoms with Gasteiger partial charge in [0, 0.05) is 10.8 Å². The topological polar surface area (TPSA) is 102 Å². The van der Waals surface area contributed by atoms with Gasteiger partial charge in [0.1, 0.15) is 6.61 Å². The highest BCUT2D eigenvalue weighted by molar-refractivity contribution is 8.00. The van der Waals surface area contributed by atoms with Crippen LogP contribution < -0.4 is 14.4 Å². The molecule has 44 heavy (non-hydrogen) atoms. The SMILES string of the molecule is C=CCOc1ccc(C2C(C(=O)/C=C/c3ccccc3)=C(O)C(=O)N2c2nnc(SCc3ccc(Cl)cc3)s2)cc1OCC. The number of aromatic nitrogens is 2. The molecule has 4 aromatic rings. The Morgan fingerprint density at radius 1 is 1.09 bits per heavy atom. The number of carbonyl (C=O) groups excluding carboxylic acids is 2. The quantitative estimate of drug-likeness (QED) is 0.0685. The fourth-order valence-corrected chi connectivity index (χ4v) is 6.46. The summed E-state index contributed by atoms with van der Waals surface area (Å²) in [4.78, 5) is 28.6. The molecule has 1 aliphatic heterocycles. The predicted molar refractivity (Wildman–Crippen MR) is 175 cm³/mol. The van der Waals surface area contributed by atoms with Gasteiger partial charge < -0.3 is 14.6 Å². The number of amides is 1. The average Bonchev–Trinajstić information content (AvgIpc) is 3.61. The van der Waals surface area contributed by atoms with Crippen LogP contribution in [0.1, 0.15) is 29.7 Å². The first-order valence-corrected chi connectivity index (χ1v) is 15.8. The van der Waals surface area contributed by atoms with Crippen molar-refractivity contribution in [1.82, 2.24) is 10.2 Å². The largest absolute Gasteiger partial charge is 0.503 e. The van der Waals surface area contributed by atoms with Gasteiger partial charge in [0.25, 0.3) is 5.91 Å². The summed E-state index contributed by atoms with van der Waals surface area (Å²) in [5, 5.41) is 20.6. The number of aliphatic hydroxyl groups excluding tert-OH is 1. The molecule has 0 fully saturated rings. The molecule has 1 aliphatic rings.